The number of esters is 1. The summed E-state index contributed by atoms with van der Waals surface area (Å²) < 4.78 is 4.88. The van der Waals surface area contributed by atoms with Crippen molar-refractivity contribution in [1.82, 2.24) is 4.90 Å². The van der Waals surface area contributed by atoms with Gasteiger partial charge in [0, 0.05) is 10.5 Å². The Hall–Kier alpha value is 0.890. The van der Waals surface area contributed by atoms with Crippen LogP contribution in [0.25, 0.3) is 0 Å². The van der Waals surface area contributed by atoms with E-state index in [-0.39, 0.29) is 9.89 Å². The van der Waals surface area contributed by atoms with E-state index in [1.807, 2.05) is 14.1 Å². The number of alkyl halides is 2. The highest BCUT2D eigenvalue weighted by Crippen LogP contribution is 2.17. The van der Waals surface area contributed by atoms with Gasteiger partial charge in [-0.2, -0.15) is 0 Å². The second-order valence-electron chi connectivity index (χ2n) is 2.70. The van der Waals surface area contributed by atoms with E-state index in [9.17, 15) is 4.79 Å². The summed E-state index contributed by atoms with van der Waals surface area (Å²) >= 11 is 4.39. The number of methoxy groups -OCH3 is 1. The van der Waals surface area contributed by atoms with E-state index in [2.05, 4.69) is 54.8 Å². The quantitative estimate of drug-likeness (QED) is 0.408. The molecule has 0 saturated carbocycles. The SMILES string of the molecule is COC(=O)C(I)C(I)CN(C)C. The second kappa shape index (κ2) is 6.36. The number of carbonyl (C=O) groups excluding carboxylic acids is 1. The van der Waals surface area contributed by atoms with Crippen LogP contribution in [0.4, 0.5) is 0 Å². The van der Waals surface area contributed by atoms with E-state index in [0.29, 0.717) is 3.92 Å². The third-order valence-corrected chi connectivity index (χ3v) is 5.15. The monoisotopic (exact) mass is 397 g/mol. The fraction of sp³-hybridized carbons (Fsp3) is 0.857. The molecule has 5 heteroatoms. The Labute approximate surface area is 100 Å². The zero-order valence-corrected chi connectivity index (χ0v) is 11.7. The van der Waals surface area contributed by atoms with Gasteiger partial charge in [-0.15, -0.1) is 0 Å². The predicted octanol–water partition coefficient (Wildman–Crippen LogP) is 1.33. The summed E-state index contributed by atoms with van der Waals surface area (Å²) in [5.74, 6) is -0.142. The van der Waals surface area contributed by atoms with Crippen molar-refractivity contribution in [2.24, 2.45) is 0 Å². The molecule has 0 radical (unpaired) electrons. The lowest BCUT2D eigenvalue weighted by Crippen LogP contribution is -2.33. The Kier molecular flexibility index (Phi) is 6.83. The number of halogens is 2. The summed E-state index contributed by atoms with van der Waals surface area (Å²) in [6.45, 7) is 0.892. The lowest BCUT2D eigenvalue weighted by molar-refractivity contribution is -0.139. The van der Waals surface area contributed by atoms with E-state index in [1.165, 1.54) is 7.11 Å². The van der Waals surface area contributed by atoms with Gasteiger partial charge >= 0.3 is 5.97 Å². The van der Waals surface area contributed by atoms with Crippen LogP contribution in [0.1, 0.15) is 0 Å². The molecule has 0 aliphatic heterocycles. The van der Waals surface area contributed by atoms with E-state index in [0.717, 1.165) is 6.54 Å². The molecular weight excluding hydrogens is 384 g/mol. The maximum atomic E-state index is 11.1. The summed E-state index contributed by atoms with van der Waals surface area (Å²) in [5.41, 5.74) is 0. The van der Waals surface area contributed by atoms with Gasteiger partial charge in [0.25, 0.3) is 0 Å². The normalized spacial score (nSPS) is 15.8. The molecule has 12 heavy (non-hydrogen) atoms. The van der Waals surface area contributed by atoms with Gasteiger partial charge < -0.3 is 9.64 Å². The van der Waals surface area contributed by atoms with Gasteiger partial charge in [0.15, 0.2) is 0 Å². The molecule has 0 aromatic rings. The summed E-state index contributed by atoms with van der Waals surface area (Å²) in [4.78, 5) is 13.1. The van der Waals surface area contributed by atoms with Crippen LogP contribution in [-0.2, 0) is 9.53 Å². The zero-order valence-electron chi connectivity index (χ0n) is 7.38. The molecule has 72 valence electrons. The molecule has 0 fully saturated rings. The average Bonchev–Trinajstić information content (AvgIpc) is 2.00. The zero-order chi connectivity index (χ0) is 9.72. The number of carbonyl (C=O) groups is 1. The summed E-state index contributed by atoms with van der Waals surface area (Å²) in [7, 11) is 5.41. The van der Waals surface area contributed by atoms with Crippen LogP contribution >= 0.6 is 45.2 Å². The van der Waals surface area contributed by atoms with Crippen molar-refractivity contribution in [3.05, 3.63) is 0 Å². The highest BCUT2D eigenvalue weighted by Gasteiger charge is 2.24. The van der Waals surface area contributed by atoms with Gasteiger partial charge in [0.05, 0.1) is 7.11 Å². The number of nitrogens with zero attached hydrogens (tertiary/aromatic N) is 1. The first-order valence-corrected chi connectivity index (χ1v) is 5.99. The third-order valence-electron chi connectivity index (χ3n) is 1.28. The van der Waals surface area contributed by atoms with Gasteiger partial charge in [-0.25, -0.2) is 0 Å². The molecule has 0 aliphatic rings. The number of hydrogen-bond donors (Lipinski definition) is 0. The second-order valence-corrected chi connectivity index (χ2v) is 5.65. The minimum Gasteiger partial charge on any atom is -0.468 e. The molecule has 0 N–H and O–H groups in total. The predicted molar refractivity (Wildman–Crippen MR) is 66.2 cm³/mol. The molecule has 2 unspecified atom stereocenters. The van der Waals surface area contributed by atoms with Crippen LogP contribution in [0.2, 0.25) is 0 Å². The smallest absolute Gasteiger partial charge is 0.319 e. The Morgan fingerprint density at radius 2 is 2.00 bits per heavy atom. The van der Waals surface area contributed by atoms with Crippen LogP contribution in [0.15, 0.2) is 0 Å². The first-order chi connectivity index (χ1) is 5.49. The number of hydrogen-bond acceptors (Lipinski definition) is 3. The fourth-order valence-corrected chi connectivity index (χ4v) is 2.26. The van der Waals surface area contributed by atoms with Crippen molar-refractivity contribution < 1.29 is 9.53 Å². The Morgan fingerprint density at radius 3 is 2.33 bits per heavy atom. The molecule has 0 heterocycles. The van der Waals surface area contributed by atoms with Crippen molar-refractivity contribution in [1.29, 1.82) is 0 Å². The van der Waals surface area contributed by atoms with E-state index < -0.39 is 0 Å². The molecular formula is C7H13I2NO2. The first kappa shape index (κ1) is 12.9. The fourth-order valence-electron chi connectivity index (χ4n) is 0.702. The minimum absolute atomic E-state index is 0.0596. The summed E-state index contributed by atoms with van der Waals surface area (Å²) in [6.07, 6.45) is 0. The molecule has 0 saturated heterocycles. The standard InChI is InChI=1S/C7H13I2NO2/c1-10(2)4-5(8)6(9)7(11)12-3/h5-6H,4H2,1-3H3. The average molecular weight is 397 g/mol. The van der Waals surface area contributed by atoms with Crippen LogP contribution < -0.4 is 0 Å². The van der Waals surface area contributed by atoms with Crippen LogP contribution in [0, 0.1) is 0 Å². The summed E-state index contributed by atoms with van der Waals surface area (Å²) in [6, 6.07) is 0. The van der Waals surface area contributed by atoms with Crippen LogP contribution in [0.3, 0.4) is 0 Å². The molecule has 0 bridgehead atoms. The highest BCUT2D eigenvalue weighted by molar-refractivity contribution is 14.1. The maximum absolute atomic E-state index is 11.1. The van der Waals surface area contributed by atoms with Gasteiger partial charge in [0.2, 0.25) is 0 Å². The largest absolute Gasteiger partial charge is 0.468 e. The van der Waals surface area contributed by atoms with E-state index in [1.54, 1.807) is 0 Å². The Balaban J connectivity index is 3.91. The molecule has 0 aromatic heterocycles. The van der Waals surface area contributed by atoms with Crippen molar-refractivity contribution in [3.63, 3.8) is 0 Å². The molecule has 3 nitrogen and oxygen atoms in total. The lowest BCUT2D eigenvalue weighted by atomic mass is 10.3. The van der Waals surface area contributed by atoms with Gasteiger partial charge in [-0.3, -0.25) is 4.79 Å². The molecule has 0 aromatic carbocycles. The van der Waals surface area contributed by atoms with Crippen LogP contribution in [-0.4, -0.2) is 46.5 Å². The van der Waals surface area contributed by atoms with Gasteiger partial charge in [-0.05, 0) is 14.1 Å². The van der Waals surface area contributed by atoms with Crippen molar-refractivity contribution >= 4 is 51.2 Å². The topological polar surface area (TPSA) is 29.5 Å². The minimum atomic E-state index is -0.142. The lowest BCUT2D eigenvalue weighted by Gasteiger charge is -2.18. The third kappa shape index (κ3) is 4.80. The summed E-state index contributed by atoms with van der Waals surface area (Å²) in [5, 5.41) is 0. The number of rotatable bonds is 4. The van der Waals surface area contributed by atoms with Crippen molar-refractivity contribution in [3.8, 4) is 0 Å². The molecule has 0 aliphatic carbocycles. The van der Waals surface area contributed by atoms with Gasteiger partial charge in [0.1, 0.15) is 3.92 Å². The van der Waals surface area contributed by atoms with Crippen molar-refractivity contribution in [2.45, 2.75) is 7.85 Å². The Bertz CT molecular complexity index is 152. The number of ether oxygens (including phenoxy) is 1. The molecule has 0 spiro atoms. The maximum Gasteiger partial charge on any atom is 0.319 e. The van der Waals surface area contributed by atoms with Gasteiger partial charge in [-0.1, -0.05) is 45.2 Å². The van der Waals surface area contributed by atoms with Crippen LogP contribution in [0.5, 0.6) is 0 Å². The highest BCUT2D eigenvalue weighted by atomic mass is 127. The molecule has 0 rings (SSSR count). The Morgan fingerprint density at radius 1 is 1.50 bits per heavy atom. The van der Waals surface area contributed by atoms with Crippen molar-refractivity contribution in [2.75, 3.05) is 27.7 Å². The molecule has 0 amide bonds. The molecule has 2 atom stereocenters. The van der Waals surface area contributed by atoms with E-state index >= 15 is 0 Å². The van der Waals surface area contributed by atoms with E-state index in [4.69, 9.17) is 0 Å². The first-order valence-electron chi connectivity index (χ1n) is 3.49.